The van der Waals surface area contributed by atoms with Crippen LogP contribution >= 0.6 is 11.8 Å². The molecule has 17 heavy (non-hydrogen) atoms. The average molecular weight is 246 g/mol. The topological polar surface area (TPSA) is 0 Å². The zero-order valence-corrected chi connectivity index (χ0v) is 11.7. The van der Waals surface area contributed by atoms with Crippen molar-refractivity contribution in [1.29, 1.82) is 0 Å². The molecular weight excluding hydrogens is 224 g/mol. The van der Waals surface area contributed by atoms with Crippen LogP contribution in [0.1, 0.15) is 44.1 Å². The number of hydrogen-bond donors (Lipinski definition) is 0. The predicted molar refractivity (Wildman–Crippen MR) is 77.7 cm³/mol. The van der Waals surface area contributed by atoms with Crippen LogP contribution in [-0.4, -0.2) is 6.26 Å². The monoisotopic (exact) mass is 246 g/mol. The summed E-state index contributed by atoms with van der Waals surface area (Å²) in [4.78, 5) is 1.37. The second-order valence-electron chi connectivity index (χ2n) is 4.83. The molecule has 0 unspecified atom stereocenters. The Hall–Kier alpha value is -0.690. The lowest BCUT2D eigenvalue weighted by Crippen LogP contribution is -1.84. The Bertz CT molecular complexity index is 364. The van der Waals surface area contributed by atoms with Gasteiger partial charge in [-0.1, -0.05) is 31.2 Å². The minimum Gasteiger partial charge on any atom is -0.130 e. The van der Waals surface area contributed by atoms with Gasteiger partial charge in [0.1, 0.15) is 0 Å². The summed E-state index contributed by atoms with van der Waals surface area (Å²) < 4.78 is 0. The quantitative estimate of drug-likeness (QED) is 0.487. The van der Waals surface area contributed by atoms with Crippen molar-refractivity contribution in [3.63, 3.8) is 0 Å². The van der Waals surface area contributed by atoms with Gasteiger partial charge in [0.25, 0.3) is 0 Å². The Morgan fingerprint density at radius 3 is 2.65 bits per heavy atom. The summed E-state index contributed by atoms with van der Waals surface area (Å²) in [5.74, 6) is 1.79. The molecule has 0 aromatic heterocycles. The molecule has 0 amide bonds. The Morgan fingerprint density at radius 1 is 1.24 bits per heavy atom. The van der Waals surface area contributed by atoms with Gasteiger partial charge >= 0.3 is 0 Å². The number of rotatable bonds is 6. The van der Waals surface area contributed by atoms with E-state index in [9.17, 15) is 0 Å². The molecule has 0 nitrogen and oxygen atoms in total. The van der Waals surface area contributed by atoms with E-state index in [-0.39, 0.29) is 0 Å². The first kappa shape index (κ1) is 12.8. The Labute approximate surface area is 110 Å². The zero-order valence-electron chi connectivity index (χ0n) is 10.9. The molecule has 0 radical (unpaired) electrons. The van der Waals surface area contributed by atoms with Gasteiger partial charge in [-0.05, 0) is 61.5 Å². The van der Waals surface area contributed by atoms with Crippen molar-refractivity contribution in [2.75, 3.05) is 6.26 Å². The molecule has 0 aliphatic heterocycles. The lowest BCUT2D eigenvalue weighted by atomic mass is 10.1. The SMILES string of the molecule is CC/C=C\CC[C@H]1C[C@@H]1c1ccc(SC)cc1. The summed E-state index contributed by atoms with van der Waals surface area (Å²) in [5, 5.41) is 0. The highest BCUT2D eigenvalue weighted by Crippen LogP contribution is 2.50. The second kappa shape index (κ2) is 6.30. The molecule has 0 bridgehead atoms. The predicted octanol–water partition coefficient (Wildman–Crippen LogP) is 5.26. The van der Waals surface area contributed by atoms with Crippen molar-refractivity contribution in [3.8, 4) is 0 Å². The van der Waals surface area contributed by atoms with Crippen LogP contribution in [0.3, 0.4) is 0 Å². The highest BCUT2D eigenvalue weighted by molar-refractivity contribution is 7.98. The average Bonchev–Trinajstić information content (AvgIpc) is 3.14. The van der Waals surface area contributed by atoms with E-state index < -0.39 is 0 Å². The normalized spacial score (nSPS) is 23.2. The summed E-state index contributed by atoms with van der Waals surface area (Å²) in [6.07, 6.45) is 12.0. The van der Waals surface area contributed by atoms with E-state index in [1.54, 1.807) is 5.56 Å². The number of benzene rings is 1. The van der Waals surface area contributed by atoms with Crippen molar-refractivity contribution in [1.82, 2.24) is 0 Å². The lowest BCUT2D eigenvalue weighted by Gasteiger charge is -2.01. The Balaban J connectivity index is 1.79. The van der Waals surface area contributed by atoms with E-state index in [1.807, 2.05) is 11.8 Å². The number of allylic oxidation sites excluding steroid dienone is 2. The van der Waals surface area contributed by atoms with E-state index in [4.69, 9.17) is 0 Å². The molecule has 1 fully saturated rings. The van der Waals surface area contributed by atoms with Crippen LogP contribution in [-0.2, 0) is 0 Å². The van der Waals surface area contributed by atoms with Crippen molar-refractivity contribution >= 4 is 11.8 Å². The Kier molecular flexibility index (Phi) is 4.73. The van der Waals surface area contributed by atoms with Gasteiger partial charge in [0.05, 0.1) is 0 Å². The fraction of sp³-hybridized carbons (Fsp3) is 0.500. The first-order valence-corrected chi connectivity index (χ1v) is 7.86. The molecule has 0 heterocycles. The third kappa shape index (κ3) is 3.64. The van der Waals surface area contributed by atoms with Crippen molar-refractivity contribution in [2.24, 2.45) is 5.92 Å². The summed E-state index contributed by atoms with van der Waals surface area (Å²) in [6, 6.07) is 9.15. The van der Waals surface area contributed by atoms with Crippen LogP contribution in [0.4, 0.5) is 0 Å². The van der Waals surface area contributed by atoms with Crippen LogP contribution in [0.5, 0.6) is 0 Å². The molecule has 2 rings (SSSR count). The standard InChI is InChI=1S/C16H22S/c1-3-4-5-6-7-14-12-16(14)13-8-10-15(17-2)11-9-13/h4-5,8-11,14,16H,3,6-7,12H2,1-2H3/b5-4-/t14-,16+/m0/s1. The highest BCUT2D eigenvalue weighted by Gasteiger charge is 2.36. The van der Waals surface area contributed by atoms with Gasteiger partial charge in [0, 0.05) is 4.90 Å². The van der Waals surface area contributed by atoms with Crippen molar-refractivity contribution in [3.05, 3.63) is 42.0 Å². The summed E-state index contributed by atoms with van der Waals surface area (Å²) in [5.41, 5.74) is 1.55. The number of thioether (sulfide) groups is 1. The molecule has 0 saturated heterocycles. The maximum absolute atomic E-state index is 2.34. The molecule has 1 saturated carbocycles. The largest absolute Gasteiger partial charge is 0.130 e. The fourth-order valence-corrected chi connectivity index (χ4v) is 2.83. The van der Waals surface area contributed by atoms with Gasteiger partial charge in [-0.2, -0.15) is 0 Å². The smallest absolute Gasteiger partial charge is 0.00693 e. The van der Waals surface area contributed by atoms with Crippen LogP contribution < -0.4 is 0 Å². The van der Waals surface area contributed by atoms with Crippen LogP contribution in [0.15, 0.2) is 41.3 Å². The first-order chi connectivity index (χ1) is 8.35. The molecule has 1 aliphatic carbocycles. The zero-order chi connectivity index (χ0) is 12.1. The minimum atomic E-state index is 0.848. The van der Waals surface area contributed by atoms with Crippen LogP contribution in [0.25, 0.3) is 0 Å². The molecule has 92 valence electrons. The van der Waals surface area contributed by atoms with Crippen LogP contribution in [0.2, 0.25) is 0 Å². The summed E-state index contributed by atoms with van der Waals surface area (Å²) in [7, 11) is 0. The minimum absolute atomic E-state index is 0.848. The van der Waals surface area contributed by atoms with E-state index in [0.29, 0.717) is 0 Å². The first-order valence-electron chi connectivity index (χ1n) is 6.64. The van der Waals surface area contributed by atoms with Crippen LogP contribution in [0, 0.1) is 5.92 Å². The molecule has 1 aromatic rings. The van der Waals surface area contributed by atoms with Gasteiger partial charge in [-0.15, -0.1) is 11.8 Å². The third-order valence-electron chi connectivity index (χ3n) is 3.57. The van der Waals surface area contributed by atoms with Crippen molar-refractivity contribution < 1.29 is 0 Å². The van der Waals surface area contributed by atoms with Crippen molar-refractivity contribution in [2.45, 2.75) is 43.4 Å². The van der Waals surface area contributed by atoms with E-state index in [2.05, 4.69) is 49.6 Å². The lowest BCUT2D eigenvalue weighted by molar-refractivity contribution is 0.715. The maximum Gasteiger partial charge on any atom is 0.00693 e. The van der Waals surface area contributed by atoms with E-state index >= 15 is 0 Å². The van der Waals surface area contributed by atoms with Gasteiger partial charge in [0.15, 0.2) is 0 Å². The number of hydrogen-bond acceptors (Lipinski definition) is 1. The molecule has 0 N–H and O–H groups in total. The molecular formula is C16H22S. The fourth-order valence-electron chi connectivity index (χ4n) is 2.42. The molecule has 1 aliphatic rings. The maximum atomic E-state index is 2.34. The van der Waals surface area contributed by atoms with Gasteiger partial charge < -0.3 is 0 Å². The Morgan fingerprint density at radius 2 is 2.00 bits per heavy atom. The molecule has 1 heteroatoms. The molecule has 1 aromatic carbocycles. The highest BCUT2D eigenvalue weighted by atomic mass is 32.2. The summed E-state index contributed by atoms with van der Waals surface area (Å²) in [6.45, 7) is 2.20. The third-order valence-corrected chi connectivity index (χ3v) is 4.32. The summed E-state index contributed by atoms with van der Waals surface area (Å²) >= 11 is 1.82. The van der Waals surface area contributed by atoms with Gasteiger partial charge in [0.2, 0.25) is 0 Å². The molecule has 0 spiro atoms. The van der Waals surface area contributed by atoms with Gasteiger partial charge in [-0.25, -0.2) is 0 Å². The second-order valence-corrected chi connectivity index (χ2v) is 5.71. The molecule has 2 atom stereocenters. The van der Waals surface area contributed by atoms with E-state index in [1.165, 1.54) is 30.6 Å². The van der Waals surface area contributed by atoms with Gasteiger partial charge in [-0.3, -0.25) is 0 Å². The van der Waals surface area contributed by atoms with E-state index in [0.717, 1.165) is 11.8 Å².